The molecule has 0 N–H and O–H groups in total. The number of ketones is 1. The Morgan fingerprint density at radius 2 is 1.94 bits per heavy atom. The van der Waals surface area contributed by atoms with Gasteiger partial charge in [-0.1, -0.05) is 0 Å². The normalized spacial score (nSPS) is 16.1. The highest BCUT2D eigenvalue weighted by Gasteiger charge is 2.23. The maximum Gasteiger partial charge on any atom is 0.257 e. The molecule has 0 fully saturated rings. The molecular formula is C12H16N2O2. The molecule has 1 aromatic heterocycles. The fraction of sp³-hybridized carbons (Fsp3) is 0.583. The predicted molar refractivity (Wildman–Crippen MR) is 60.5 cm³/mol. The summed E-state index contributed by atoms with van der Waals surface area (Å²) in [6.45, 7) is 5.91. The van der Waals surface area contributed by atoms with Crippen molar-refractivity contribution in [2.75, 3.05) is 0 Å². The lowest BCUT2D eigenvalue weighted by molar-refractivity contribution is -0.118. The number of carbonyl (C=O) groups excluding carboxylic acids is 1. The highest BCUT2D eigenvalue weighted by molar-refractivity contribution is 5.82. The van der Waals surface area contributed by atoms with Crippen LogP contribution < -0.4 is 5.56 Å². The van der Waals surface area contributed by atoms with Crippen molar-refractivity contribution in [1.82, 2.24) is 9.55 Å². The molecule has 0 spiro atoms. The summed E-state index contributed by atoms with van der Waals surface area (Å²) in [7, 11) is 0. The first-order valence-corrected chi connectivity index (χ1v) is 5.51. The third-order valence-electron chi connectivity index (χ3n) is 2.90. The van der Waals surface area contributed by atoms with Gasteiger partial charge in [-0.25, -0.2) is 4.98 Å². The zero-order valence-electron chi connectivity index (χ0n) is 9.91. The van der Waals surface area contributed by atoms with Gasteiger partial charge < -0.3 is 0 Å². The number of carbonyl (C=O) groups is 1. The summed E-state index contributed by atoms with van der Waals surface area (Å²) in [6, 6.07) is 0. The molecule has 0 unspecified atom stereocenters. The van der Waals surface area contributed by atoms with Crippen LogP contribution in [0.3, 0.4) is 0 Å². The maximum atomic E-state index is 12.2. The molecule has 1 aliphatic carbocycles. The number of hydrogen-bond donors (Lipinski definition) is 0. The molecular weight excluding hydrogens is 204 g/mol. The summed E-state index contributed by atoms with van der Waals surface area (Å²) >= 11 is 0. The highest BCUT2D eigenvalue weighted by Crippen LogP contribution is 2.16. The second kappa shape index (κ2) is 3.54. The first kappa shape index (κ1) is 11.0. The van der Waals surface area contributed by atoms with Crippen molar-refractivity contribution in [3.05, 3.63) is 27.9 Å². The largest absolute Gasteiger partial charge is 0.299 e. The lowest BCUT2D eigenvalue weighted by Crippen LogP contribution is -2.38. The van der Waals surface area contributed by atoms with Crippen molar-refractivity contribution < 1.29 is 4.79 Å². The summed E-state index contributed by atoms with van der Waals surface area (Å²) in [5.41, 5.74) is 1.13. The van der Waals surface area contributed by atoms with E-state index in [1.54, 1.807) is 10.9 Å². The van der Waals surface area contributed by atoms with Crippen LogP contribution in [0.25, 0.3) is 0 Å². The third-order valence-corrected chi connectivity index (χ3v) is 2.90. The summed E-state index contributed by atoms with van der Waals surface area (Å²) < 4.78 is 1.64. The predicted octanol–water partition coefficient (Wildman–Crippen LogP) is 1.06. The molecule has 0 amide bonds. The van der Waals surface area contributed by atoms with Crippen molar-refractivity contribution in [3.8, 4) is 0 Å². The molecule has 1 aliphatic rings. The molecule has 0 aromatic carbocycles. The van der Waals surface area contributed by atoms with Crippen LogP contribution in [-0.4, -0.2) is 15.3 Å². The Morgan fingerprint density at radius 1 is 1.25 bits per heavy atom. The van der Waals surface area contributed by atoms with Gasteiger partial charge in [0.15, 0.2) is 0 Å². The van der Waals surface area contributed by atoms with Crippen LogP contribution in [-0.2, 0) is 23.2 Å². The van der Waals surface area contributed by atoms with Crippen molar-refractivity contribution in [3.63, 3.8) is 0 Å². The average Bonchev–Trinajstić information content (AvgIpc) is 2.15. The van der Waals surface area contributed by atoms with E-state index in [1.165, 1.54) is 0 Å². The highest BCUT2D eigenvalue weighted by atomic mass is 16.1. The molecule has 0 atom stereocenters. The number of fused-ring (bicyclic) bond motifs is 1. The minimum Gasteiger partial charge on any atom is -0.299 e. The molecule has 2 rings (SSSR count). The van der Waals surface area contributed by atoms with Crippen molar-refractivity contribution in [2.24, 2.45) is 0 Å². The minimum atomic E-state index is -0.263. The van der Waals surface area contributed by atoms with E-state index in [0.29, 0.717) is 25.0 Å². The lowest BCUT2D eigenvalue weighted by atomic mass is 9.95. The van der Waals surface area contributed by atoms with Gasteiger partial charge >= 0.3 is 0 Å². The van der Waals surface area contributed by atoms with Gasteiger partial charge in [-0.3, -0.25) is 14.2 Å². The number of nitrogens with zero attached hydrogens (tertiary/aromatic N) is 2. The van der Waals surface area contributed by atoms with E-state index in [-0.39, 0.29) is 16.9 Å². The molecule has 0 saturated carbocycles. The van der Waals surface area contributed by atoms with Crippen LogP contribution >= 0.6 is 0 Å². The van der Waals surface area contributed by atoms with Gasteiger partial charge in [0.1, 0.15) is 5.78 Å². The van der Waals surface area contributed by atoms with Gasteiger partial charge in [-0.05, 0) is 27.2 Å². The molecule has 0 aliphatic heterocycles. The average molecular weight is 220 g/mol. The molecule has 16 heavy (non-hydrogen) atoms. The van der Waals surface area contributed by atoms with E-state index < -0.39 is 0 Å². The molecule has 4 nitrogen and oxygen atoms in total. The molecule has 1 aromatic rings. The zero-order chi connectivity index (χ0) is 11.9. The third kappa shape index (κ3) is 1.79. The number of hydrogen-bond acceptors (Lipinski definition) is 3. The molecule has 1 heterocycles. The van der Waals surface area contributed by atoms with Crippen LogP contribution in [0, 0.1) is 0 Å². The Hall–Kier alpha value is -1.45. The van der Waals surface area contributed by atoms with Crippen molar-refractivity contribution in [1.29, 1.82) is 0 Å². The van der Waals surface area contributed by atoms with Gasteiger partial charge in [0.25, 0.3) is 5.56 Å². The Labute approximate surface area is 94.3 Å². The van der Waals surface area contributed by atoms with E-state index in [9.17, 15) is 9.59 Å². The number of aromatic nitrogens is 2. The van der Waals surface area contributed by atoms with Crippen molar-refractivity contribution >= 4 is 5.78 Å². The Balaban J connectivity index is 2.57. The lowest BCUT2D eigenvalue weighted by Gasteiger charge is -2.24. The SMILES string of the molecule is CC(C)(C)n1cnc2c(c1=O)CCC(=O)C2. The Kier molecular flexibility index (Phi) is 2.45. The Bertz CT molecular complexity index is 495. The Morgan fingerprint density at radius 3 is 2.56 bits per heavy atom. The maximum absolute atomic E-state index is 12.2. The second-order valence-corrected chi connectivity index (χ2v) is 5.23. The van der Waals surface area contributed by atoms with Gasteiger partial charge in [0, 0.05) is 23.9 Å². The van der Waals surface area contributed by atoms with Crippen LogP contribution in [0.4, 0.5) is 0 Å². The van der Waals surface area contributed by atoms with Crippen LogP contribution in [0.15, 0.2) is 11.1 Å². The van der Waals surface area contributed by atoms with Crippen molar-refractivity contribution in [2.45, 2.75) is 45.6 Å². The van der Waals surface area contributed by atoms with Crippen LogP contribution in [0.2, 0.25) is 0 Å². The monoisotopic (exact) mass is 220 g/mol. The van der Waals surface area contributed by atoms with Gasteiger partial charge in [-0.15, -0.1) is 0 Å². The first-order chi connectivity index (χ1) is 7.39. The summed E-state index contributed by atoms with van der Waals surface area (Å²) in [5, 5.41) is 0. The van der Waals surface area contributed by atoms with Gasteiger partial charge in [-0.2, -0.15) is 0 Å². The molecule has 4 heteroatoms. The summed E-state index contributed by atoms with van der Waals surface area (Å²) in [5.74, 6) is 0.174. The van der Waals surface area contributed by atoms with E-state index in [4.69, 9.17) is 0 Å². The summed E-state index contributed by atoms with van der Waals surface area (Å²) in [4.78, 5) is 27.7. The summed E-state index contributed by atoms with van der Waals surface area (Å²) in [6.07, 6.45) is 2.88. The zero-order valence-corrected chi connectivity index (χ0v) is 9.91. The fourth-order valence-electron chi connectivity index (χ4n) is 1.95. The van der Waals surface area contributed by atoms with Crippen LogP contribution in [0.1, 0.15) is 38.4 Å². The van der Waals surface area contributed by atoms with Gasteiger partial charge in [0.05, 0.1) is 12.0 Å². The second-order valence-electron chi connectivity index (χ2n) is 5.23. The molecule has 86 valence electrons. The smallest absolute Gasteiger partial charge is 0.257 e. The molecule has 0 saturated heterocycles. The van der Waals surface area contributed by atoms with Gasteiger partial charge in [0.2, 0.25) is 0 Å². The first-order valence-electron chi connectivity index (χ1n) is 5.51. The number of Topliss-reactive ketones (excluding diaryl/α,β-unsaturated/α-hetero) is 1. The molecule has 0 bridgehead atoms. The standard InChI is InChI=1S/C12H16N2O2/c1-12(2,3)14-7-13-10-6-8(15)4-5-9(10)11(14)16/h7H,4-6H2,1-3H3. The molecule has 0 radical (unpaired) electrons. The van der Waals surface area contributed by atoms with Crippen LogP contribution in [0.5, 0.6) is 0 Å². The van der Waals surface area contributed by atoms with E-state index in [1.807, 2.05) is 20.8 Å². The van der Waals surface area contributed by atoms with E-state index >= 15 is 0 Å². The van der Waals surface area contributed by atoms with E-state index in [0.717, 1.165) is 5.56 Å². The quantitative estimate of drug-likeness (QED) is 0.657. The number of rotatable bonds is 0. The fourth-order valence-corrected chi connectivity index (χ4v) is 1.95. The van der Waals surface area contributed by atoms with E-state index in [2.05, 4.69) is 4.98 Å². The topological polar surface area (TPSA) is 52.0 Å². The minimum absolute atomic E-state index is 0.00463.